The first-order valence-electron chi connectivity index (χ1n) is 16.8. The second-order valence-electron chi connectivity index (χ2n) is 14.1. The highest BCUT2D eigenvalue weighted by molar-refractivity contribution is 5.82. The average molecular weight is 669 g/mol. The Hall–Kier alpha value is -4.00. The van der Waals surface area contributed by atoms with Crippen LogP contribution in [0.25, 0.3) is 11.3 Å². The zero-order valence-corrected chi connectivity index (χ0v) is 26.9. The lowest BCUT2D eigenvalue weighted by molar-refractivity contribution is -0.174. The number of pyridine rings is 1. The molecule has 48 heavy (non-hydrogen) atoms. The number of carbonyl (C=O) groups is 1. The molecule has 7 rings (SSSR count). The second kappa shape index (κ2) is 12.8. The number of benzene rings is 1. The third-order valence-electron chi connectivity index (χ3n) is 10.7. The maximum absolute atomic E-state index is 14.7. The van der Waals surface area contributed by atoms with Gasteiger partial charge in [0.1, 0.15) is 17.9 Å². The van der Waals surface area contributed by atoms with Gasteiger partial charge in [-0.15, -0.1) is 0 Å². The normalized spacial score (nSPS) is 22.7. The van der Waals surface area contributed by atoms with Crippen molar-refractivity contribution in [1.29, 1.82) is 0 Å². The number of carbonyl (C=O) groups excluding carboxylic acids is 1. The summed E-state index contributed by atoms with van der Waals surface area (Å²) in [5.74, 6) is 0.0600. The van der Waals surface area contributed by atoms with E-state index in [1.54, 1.807) is 29.9 Å². The molecule has 0 radical (unpaired) electrons. The van der Waals surface area contributed by atoms with Crippen molar-refractivity contribution in [3.8, 4) is 22.8 Å². The van der Waals surface area contributed by atoms with Crippen molar-refractivity contribution in [1.82, 2.24) is 24.8 Å². The summed E-state index contributed by atoms with van der Waals surface area (Å²) in [6.07, 6.45) is 5.19. The minimum absolute atomic E-state index is 0.167. The molecule has 3 aromatic rings. The van der Waals surface area contributed by atoms with Gasteiger partial charge in [0.2, 0.25) is 0 Å². The van der Waals surface area contributed by atoms with Gasteiger partial charge in [0.25, 0.3) is 5.56 Å². The standard InChI is InChI=1S/C35H40F4N6O3/c1-43-30(46)11-9-26(23-4-5-23)31(43)27-16-24(36)6-10-28(27)48-29-17-40-21-41-32(29)45-19-34(20-45)12-14-44(15-13-34)18-22-2-7-25(8-3-22)42-33(47)35(37,38)39/h6,9-11,16-17,21-23,25H,2-5,7-8,12-15,18-20H2,1H3,(H,42,47). The van der Waals surface area contributed by atoms with Crippen LogP contribution in [0, 0.1) is 17.2 Å². The molecule has 1 amide bonds. The van der Waals surface area contributed by atoms with E-state index < -0.39 is 23.9 Å². The van der Waals surface area contributed by atoms with Crippen LogP contribution in [0.15, 0.2) is 47.7 Å². The number of alkyl halides is 3. The summed E-state index contributed by atoms with van der Waals surface area (Å²) in [6.45, 7) is 4.51. The lowest BCUT2D eigenvalue weighted by Gasteiger charge is -2.54. The quantitative estimate of drug-likeness (QED) is 0.304. The van der Waals surface area contributed by atoms with Gasteiger partial charge < -0.3 is 24.4 Å². The van der Waals surface area contributed by atoms with Crippen molar-refractivity contribution in [2.24, 2.45) is 18.4 Å². The number of likely N-dealkylation sites (tertiary alicyclic amines) is 1. The fourth-order valence-corrected chi connectivity index (χ4v) is 7.79. The molecule has 0 unspecified atom stereocenters. The molecule has 256 valence electrons. The highest BCUT2D eigenvalue weighted by Crippen LogP contribution is 2.48. The molecule has 2 saturated carbocycles. The Morgan fingerprint density at radius 3 is 2.44 bits per heavy atom. The molecule has 2 aliphatic carbocycles. The fraction of sp³-hybridized carbons (Fsp3) is 0.543. The van der Waals surface area contributed by atoms with Crippen molar-refractivity contribution in [3.05, 3.63) is 64.6 Å². The Balaban J connectivity index is 0.971. The molecular formula is C35H40F4N6O3. The summed E-state index contributed by atoms with van der Waals surface area (Å²) in [6, 6.07) is 7.36. The Morgan fingerprint density at radius 1 is 1.02 bits per heavy atom. The van der Waals surface area contributed by atoms with Gasteiger partial charge in [-0.05, 0) is 100 Å². The van der Waals surface area contributed by atoms with Crippen LogP contribution in [-0.4, -0.2) is 70.3 Å². The van der Waals surface area contributed by atoms with Crippen molar-refractivity contribution >= 4 is 11.7 Å². The smallest absolute Gasteiger partial charge is 0.451 e. The summed E-state index contributed by atoms with van der Waals surface area (Å²) in [5, 5.41) is 2.14. The van der Waals surface area contributed by atoms with Gasteiger partial charge in [-0.1, -0.05) is 6.07 Å². The van der Waals surface area contributed by atoms with Gasteiger partial charge in [-0.25, -0.2) is 14.4 Å². The van der Waals surface area contributed by atoms with Gasteiger partial charge in [0.05, 0.1) is 11.9 Å². The molecule has 1 spiro atoms. The van der Waals surface area contributed by atoms with E-state index in [-0.39, 0.29) is 11.0 Å². The molecule has 0 atom stereocenters. The predicted octanol–water partition coefficient (Wildman–Crippen LogP) is 5.79. The number of hydrogen-bond acceptors (Lipinski definition) is 7. The molecule has 4 aliphatic rings. The van der Waals surface area contributed by atoms with E-state index in [0.29, 0.717) is 53.3 Å². The number of amides is 1. The van der Waals surface area contributed by atoms with Crippen molar-refractivity contribution in [3.63, 3.8) is 0 Å². The summed E-state index contributed by atoms with van der Waals surface area (Å²) >= 11 is 0. The Morgan fingerprint density at radius 2 is 1.75 bits per heavy atom. The lowest BCUT2D eigenvalue weighted by Crippen LogP contribution is -2.61. The Kier molecular flexibility index (Phi) is 8.67. The van der Waals surface area contributed by atoms with Crippen LogP contribution < -0.4 is 20.5 Å². The third-order valence-corrected chi connectivity index (χ3v) is 10.7. The Bertz CT molecular complexity index is 1720. The Labute approximate surface area is 276 Å². The summed E-state index contributed by atoms with van der Waals surface area (Å²) in [4.78, 5) is 37.4. The number of piperidine rings is 1. The van der Waals surface area contributed by atoms with E-state index in [2.05, 4.69) is 25.1 Å². The first-order chi connectivity index (χ1) is 23.0. The van der Waals surface area contributed by atoms with Crippen LogP contribution >= 0.6 is 0 Å². The highest BCUT2D eigenvalue weighted by atomic mass is 19.4. The molecule has 13 heteroatoms. The highest BCUT2D eigenvalue weighted by Gasteiger charge is 2.46. The van der Waals surface area contributed by atoms with Crippen molar-refractivity contribution in [2.45, 2.75) is 69.5 Å². The third kappa shape index (κ3) is 6.79. The molecule has 0 bridgehead atoms. The van der Waals surface area contributed by atoms with Gasteiger partial charge in [-0.2, -0.15) is 13.2 Å². The van der Waals surface area contributed by atoms with Crippen LogP contribution in [0.4, 0.5) is 23.4 Å². The molecule has 4 heterocycles. The number of anilines is 1. The van der Waals surface area contributed by atoms with Crippen LogP contribution in [-0.2, 0) is 11.8 Å². The second-order valence-corrected chi connectivity index (χ2v) is 14.1. The van der Waals surface area contributed by atoms with E-state index in [0.717, 1.165) is 76.8 Å². The number of rotatable bonds is 8. The molecule has 9 nitrogen and oxygen atoms in total. The monoisotopic (exact) mass is 668 g/mol. The van der Waals surface area contributed by atoms with E-state index in [1.165, 1.54) is 18.5 Å². The molecule has 2 aromatic heterocycles. The average Bonchev–Trinajstić information content (AvgIpc) is 3.89. The maximum atomic E-state index is 14.7. The van der Waals surface area contributed by atoms with E-state index >= 15 is 0 Å². The number of halogens is 4. The minimum Gasteiger partial charge on any atom is -0.451 e. The number of nitrogens with zero attached hydrogens (tertiary/aromatic N) is 5. The van der Waals surface area contributed by atoms with Crippen LogP contribution in [0.2, 0.25) is 0 Å². The maximum Gasteiger partial charge on any atom is 0.471 e. The van der Waals surface area contributed by atoms with Gasteiger partial charge in [0.15, 0.2) is 11.6 Å². The van der Waals surface area contributed by atoms with E-state index in [1.807, 2.05) is 6.07 Å². The molecule has 4 fully saturated rings. The van der Waals surface area contributed by atoms with Gasteiger partial charge in [-0.3, -0.25) is 9.59 Å². The van der Waals surface area contributed by atoms with E-state index in [4.69, 9.17) is 4.74 Å². The van der Waals surface area contributed by atoms with Gasteiger partial charge >= 0.3 is 12.1 Å². The first-order valence-corrected chi connectivity index (χ1v) is 16.8. The molecular weight excluding hydrogens is 628 g/mol. The van der Waals surface area contributed by atoms with Crippen LogP contribution in [0.5, 0.6) is 11.5 Å². The molecule has 2 aliphatic heterocycles. The first kappa shape index (κ1) is 32.5. The summed E-state index contributed by atoms with van der Waals surface area (Å²) in [5.41, 5.74) is 2.18. The fourth-order valence-electron chi connectivity index (χ4n) is 7.79. The molecule has 1 aromatic carbocycles. The number of nitrogens with one attached hydrogen (secondary N) is 1. The number of ether oxygens (including phenoxy) is 1. The SMILES string of the molecule is Cn1c(-c2cc(F)ccc2Oc2cncnc2N2CC3(CCN(CC4CCC(NC(=O)C(F)(F)F)CC4)CC3)C2)c(C2CC2)ccc1=O. The van der Waals surface area contributed by atoms with Gasteiger partial charge in [0, 0.05) is 49.8 Å². The topological polar surface area (TPSA) is 92.6 Å². The summed E-state index contributed by atoms with van der Waals surface area (Å²) in [7, 11) is 1.70. The predicted molar refractivity (Wildman–Crippen MR) is 171 cm³/mol. The summed E-state index contributed by atoms with van der Waals surface area (Å²) < 4.78 is 60.5. The zero-order valence-electron chi connectivity index (χ0n) is 26.9. The minimum atomic E-state index is -4.84. The van der Waals surface area contributed by atoms with Crippen LogP contribution in [0.1, 0.15) is 62.8 Å². The lowest BCUT2D eigenvalue weighted by atomic mass is 9.71. The number of aromatic nitrogens is 3. The van der Waals surface area contributed by atoms with Crippen molar-refractivity contribution < 1.29 is 27.1 Å². The molecule has 2 saturated heterocycles. The van der Waals surface area contributed by atoms with Crippen LogP contribution in [0.3, 0.4) is 0 Å². The largest absolute Gasteiger partial charge is 0.471 e. The van der Waals surface area contributed by atoms with Crippen molar-refractivity contribution in [2.75, 3.05) is 37.6 Å². The zero-order chi connectivity index (χ0) is 33.6. The number of hydrogen-bond donors (Lipinski definition) is 1. The van der Waals surface area contributed by atoms with E-state index in [9.17, 15) is 27.2 Å². The molecule has 1 N–H and O–H groups in total.